The molecule has 0 unspecified atom stereocenters. The molecule has 1 saturated carbocycles. The summed E-state index contributed by atoms with van der Waals surface area (Å²) in [5.74, 6) is 1.80. The van der Waals surface area contributed by atoms with Crippen LogP contribution in [-0.4, -0.2) is 64.5 Å². The Bertz CT molecular complexity index is 844. The van der Waals surface area contributed by atoms with Crippen LogP contribution >= 0.6 is 0 Å². The quantitative estimate of drug-likeness (QED) is 0.854. The average Bonchev–Trinajstić information content (AvgIpc) is 2.76. The van der Waals surface area contributed by atoms with Crippen LogP contribution in [0.2, 0.25) is 0 Å². The molecule has 2 aliphatic heterocycles. The van der Waals surface area contributed by atoms with E-state index in [1.54, 1.807) is 0 Å². The largest absolute Gasteiger partial charge is 0.475 e. The second kappa shape index (κ2) is 8.56. The molecule has 0 radical (unpaired) electrons. The molecule has 6 heteroatoms. The molecule has 2 fully saturated rings. The third kappa shape index (κ3) is 4.26. The summed E-state index contributed by atoms with van der Waals surface area (Å²) in [6.45, 7) is 6.86. The van der Waals surface area contributed by atoms with Crippen molar-refractivity contribution in [3.05, 3.63) is 35.5 Å². The molecule has 3 heterocycles. The summed E-state index contributed by atoms with van der Waals surface area (Å²) in [5.41, 5.74) is 3.59. The topological polar surface area (TPSA) is 52.1 Å². The summed E-state index contributed by atoms with van der Waals surface area (Å²) >= 11 is 0. The minimum atomic E-state index is 0.674. The summed E-state index contributed by atoms with van der Waals surface area (Å²) in [7, 11) is 0. The first-order chi connectivity index (χ1) is 14.3. The van der Waals surface area contributed by atoms with Crippen LogP contribution in [0.15, 0.2) is 24.4 Å². The molecule has 29 heavy (non-hydrogen) atoms. The van der Waals surface area contributed by atoms with E-state index in [4.69, 9.17) is 9.72 Å². The zero-order valence-electron chi connectivity index (χ0n) is 17.2. The Morgan fingerprint density at radius 1 is 1.07 bits per heavy atom. The van der Waals surface area contributed by atoms with Gasteiger partial charge in [-0.1, -0.05) is 25.3 Å². The summed E-state index contributed by atoms with van der Waals surface area (Å²) in [6.07, 6.45) is 8.77. The van der Waals surface area contributed by atoms with Crippen LogP contribution in [0.5, 0.6) is 5.75 Å². The number of aromatic nitrogens is 1. The zero-order chi connectivity index (χ0) is 19.6. The molecule has 5 rings (SSSR count). The minimum Gasteiger partial charge on any atom is -0.475 e. The molecule has 2 aromatic rings. The Morgan fingerprint density at radius 3 is 2.72 bits per heavy atom. The molecule has 3 aliphatic rings. The Kier molecular flexibility index (Phi) is 5.68. The number of nitrogens with zero attached hydrogens (tertiary/aromatic N) is 4. The average molecular weight is 397 g/mol. The molecule has 1 saturated heterocycles. The van der Waals surface area contributed by atoms with Gasteiger partial charge in [0.2, 0.25) is 0 Å². The van der Waals surface area contributed by atoms with E-state index < -0.39 is 0 Å². The number of hydroxylamine groups is 2. The Morgan fingerprint density at radius 2 is 1.90 bits per heavy atom. The highest BCUT2D eigenvalue weighted by Gasteiger charge is 2.25. The van der Waals surface area contributed by atoms with Gasteiger partial charge in [-0.3, -0.25) is 14.8 Å². The Hall–Kier alpha value is -1.73. The molecule has 1 aromatic carbocycles. The van der Waals surface area contributed by atoms with Crippen LogP contribution in [-0.2, 0) is 13.1 Å². The molecular weight excluding hydrogens is 364 g/mol. The van der Waals surface area contributed by atoms with Gasteiger partial charge in [0.05, 0.1) is 0 Å². The van der Waals surface area contributed by atoms with Gasteiger partial charge in [-0.2, -0.15) is 5.06 Å². The zero-order valence-corrected chi connectivity index (χ0v) is 17.2. The molecule has 0 spiro atoms. The monoisotopic (exact) mass is 396 g/mol. The van der Waals surface area contributed by atoms with Crippen molar-refractivity contribution in [2.75, 3.05) is 39.5 Å². The van der Waals surface area contributed by atoms with E-state index in [1.807, 2.05) is 12.3 Å². The lowest BCUT2D eigenvalue weighted by molar-refractivity contribution is -0.118. The van der Waals surface area contributed by atoms with Gasteiger partial charge in [-0.25, -0.2) is 0 Å². The number of pyridine rings is 1. The molecule has 0 bridgehead atoms. The maximum absolute atomic E-state index is 9.66. The normalized spacial score (nSPS) is 22.5. The third-order valence-corrected chi connectivity index (χ3v) is 6.78. The van der Waals surface area contributed by atoms with Crippen LogP contribution in [0.1, 0.15) is 43.2 Å². The first kappa shape index (κ1) is 19.2. The van der Waals surface area contributed by atoms with Crippen LogP contribution in [0.25, 0.3) is 10.9 Å². The molecule has 156 valence electrons. The predicted octanol–water partition coefficient (Wildman–Crippen LogP) is 3.47. The van der Waals surface area contributed by atoms with E-state index in [-0.39, 0.29) is 0 Å². The maximum Gasteiger partial charge on any atom is 0.152 e. The number of fused-ring (bicyclic) bond motifs is 3. The van der Waals surface area contributed by atoms with Crippen molar-refractivity contribution in [2.24, 2.45) is 5.92 Å². The maximum atomic E-state index is 9.66. The second-order valence-corrected chi connectivity index (χ2v) is 8.94. The number of ether oxygens (including phenoxy) is 1. The van der Waals surface area contributed by atoms with Gasteiger partial charge in [-0.15, -0.1) is 0 Å². The van der Waals surface area contributed by atoms with Crippen molar-refractivity contribution in [3.63, 3.8) is 0 Å². The van der Waals surface area contributed by atoms with Gasteiger partial charge in [0.1, 0.15) is 12.2 Å². The molecule has 1 N–H and O–H groups in total. The summed E-state index contributed by atoms with van der Waals surface area (Å²) in [4.78, 5) is 9.59. The van der Waals surface area contributed by atoms with E-state index in [1.165, 1.54) is 53.7 Å². The van der Waals surface area contributed by atoms with Crippen molar-refractivity contribution in [1.82, 2.24) is 19.8 Å². The molecule has 1 aliphatic carbocycles. The predicted molar refractivity (Wildman–Crippen MR) is 113 cm³/mol. The number of benzene rings is 1. The number of hydrogen-bond acceptors (Lipinski definition) is 6. The standard InChI is InChI=1S/C23H32N4O2/c28-27-11-9-25(10-12-27)15-19-13-20-16-26(14-18-5-2-1-3-6-18)17-29-23(20)22-21(19)7-4-8-24-22/h4,7-8,13,18,28H,1-3,5-6,9-12,14-17H2. The van der Waals surface area contributed by atoms with Crippen molar-refractivity contribution in [1.29, 1.82) is 0 Å². The second-order valence-electron chi connectivity index (χ2n) is 8.94. The minimum absolute atomic E-state index is 0.674. The Labute approximate surface area is 173 Å². The molecule has 0 atom stereocenters. The highest BCUT2D eigenvalue weighted by atomic mass is 16.5. The van der Waals surface area contributed by atoms with Gasteiger partial charge in [0.15, 0.2) is 5.75 Å². The van der Waals surface area contributed by atoms with Crippen molar-refractivity contribution in [2.45, 2.75) is 45.2 Å². The van der Waals surface area contributed by atoms with E-state index in [9.17, 15) is 5.21 Å². The fourth-order valence-electron chi connectivity index (χ4n) is 5.19. The lowest BCUT2D eigenvalue weighted by atomic mass is 9.89. The van der Waals surface area contributed by atoms with Gasteiger partial charge in [-0.05, 0) is 36.5 Å². The summed E-state index contributed by atoms with van der Waals surface area (Å²) in [6, 6.07) is 6.53. The lowest BCUT2D eigenvalue weighted by Crippen LogP contribution is -2.44. The van der Waals surface area contributed by atoms with Crippen LogP contribution in [0.4, 0.5) is 0 Å². The fourth-order valence-corrected chi connectivity index (χ4v) is 5.19. The number of rotatable bonds is 4. The van der Waals surface area contributed by atoms with E-state index >= 15 is 0 Å². The lowest BCUT2D eigenvalue weighted by Gasteiger charge is -2.34. The molecule has 0 amide bonds. The SMILES string of the molecule is ON1CCN(Cc2cc3c(c4ncccc24)OCN(CC2CCCCC2)C3)CC1. The summed E-state index contributed by atoms with van der Waals surface area (Å²) in [5, 5.41) is 12.3. The highest BCUT2D eigenvalue weighted by molar-refractivity contribution is 5.89. The smallest absolute Gasteiger partial charge is 0.152 e. The van der Waals surface area contributed by atoms with E-state index in [2.05, 4.69) is 21.9 Å². The number of piperazine rings is 1. The first-order valence-electron chi connectivity index (χ1n) is 11.2. The Balaban J connectivity index is 1.38. The third-order valence-electron chi connectivity index (χ3n) is 6.78. The highest BCUT2D eigenvalue weighted by Crippen LogP contribution is 2.36. The van der Waals surface area contributed by atoms with Crippen LogP contribution in [0.3, 0.4) is 0 Å². The van der Waals surface area contributed by atoms with Crippen LogP contribution in [0, 0.1) is 5.92 Å². The van der Waals surface area contributed by atoms with E-state index in [0.717, 1.165) is 49.9 Å². The fraction of sp³-hybridized carbons (Fsp3) is 0.609. The summed E-state index contributed by atoms with van der Waals surface area (Å²) < 4.78 is 6.26. The van der Waals surface area contributed by atoms with Crippen LogP contribution < -0.4 is 4.74 Å². The molecule has 1 aromatic heterocycles. The van der Waals surface area contributed by atoms with Crippen molar-refractivity contribution >= 4 is 10.9 Å². The van der Waals surface area contributed by atoms with Crippen molar-refractivity contribution < 1.29 is 9.94 Å². The van der Waals surface area contributed by atoms with Gasteiger partial charge < -0.3 is 9.94 Å². The van der Waals surface area contributed by atoms with Gasteiger partial charge in [0.25, 0.3) is 0 Å². The molecular formula is C23H32N4O2. The van der Waals surface area contributed by atoms with E-state index in [0.29, 0.717) is 19.8 Å². The molecule has 6 nitrogen and oxygen atoms in total. The first-order valence-corrected chi connectivity index (χ1v) is 11.2. The van der Waals surface area contributed by atoms with Gasteiger partial charge in [0, 0.05) is 63.0 Å². The van der Waals surface area contributed by atoms with Gasteiger partial charge >= 0.3 is 0 Å². The number of hydrogen-bond donors (Lipinski definition) is 1. The van der Waals surface area contributed by atoms with Crippen molar-refractivity contribution in [3.8, 4) is 5.75 Å².